The zero-order chi connectivity index (χ0) is 9.97. The van der Waals surface area contributed by atoms with Crippen LogP contribution in [0.2, 0.25) is 0 Å². The van der Waals surface area contributed by atoms with Crippen LogP contribution in [0, 0.1) is 5.92 Å². The van der Waals surface area contributed by atoms with Crippen LogP contribution in [0.3, 0.4) is 0 Å². The van der Waals surface area contributed by atoms with E-state index in [1.807, 2.05) is 0 Å². The average molecular weight is 204 g/mol. The van der Waals surface area contributed by atoms with Gasteiger partial charge in [-0.05, 0) is 38.3 Å². The number of hydrogen-bond donors (Lipinski definition) is 1. The van der Waals surface area contributed by atoms with Crippen LogP contribution in [0.5, 0.6) is 0 Å². The standard InChI is InChI=1S/C10H18F2N2/c11-10(12)6-13-9-3-5-14-4-1-2-8(9)7-14/h8-10,13H,1-7H2. The van der Waals surface area contributed by atoms with Crippen LogP contribution in [0.4, 0.5) is 8.78 Å². The van der Waals surface area contributed by atoms with Crippen molar-refractivity contribution in [3.8, 4) is 0 Å². The number of alkyl halides is 2. The third-order valence-electron chi connectivity index (χ3n) is 3.40. The van der Waals surface area contributed by atoms with E-state index in [9.17, 15) is 8.78 Å². The van der Waals surface area contributed by atoms with E-state index in [4.69, 9.17) is 0 Å². The summed E-state index contributed by atoms with van der Waals surface area (Å²) in [6, 6.07) is 0.334. The van der Waals surface area contributed by atoms with Crippen molar-refractivity contribution < 1.29 is 8.78 Å². The summed E-state index contributed by atoms with van der Waals surface area (Å²) >= 11 is 0. The first kappa shape index (κ1) is 10.3. The second-order valence-electron chi connectivity index (χ2n) is 4.40. The number of piperidine rings is 2. The summed E-state index contributed by atoms with van der Waals surface area (Å²) in [5.41, 5.74) is 0. The van der Waals surface area contributed by atoms with Gasteiger partial charge in [0.25, 0.3) is 6.43 Å². The molecule has 2 aliphatic rings. The molecule has 2 nitrogen and oxygen atoms in total. The van der Waals surface area contributed by atoms with Crippen LogP contribution >= 0.6 is 0 Å². The van der Waals surface area contributed by atoms with Gasteiger partial charge in [0.15, 0.2) is 0 Å². The lowest BCUT2D eigenvalue weighted by Crippen LogP contribution is -2.52. The van der Waals surface area contributed by atoms with E-state index < -0.39 is 6.43 Å². The molecule has 3 unspecified atom stereocenters. The van der Waals surface area contributed by atoms with Gasteiger partial charge >= 0.3 is 0 Å². The molecule has 2 fully saturated rings. The lowest BCUT2D eigenvalue weighted by Gasteiger charge is -2.42. The first-order chi connectivity index (χ1) is 6.75. The van der Waals surface area contributed by atoms with Gasteiger partial charge in [-0.2, -0.15) is 0 Å². The van der Waals surface area contributed by atoms with Crippen molar-refractivity contribution in [2.75, 3.05) is 26.2 Å². The molecule has 2 rings (SSSR count). The first-order valence-corrected chi connectivity index (χ1v) is 5.49. The topological polar surface area (TPSA) is 15.3 Å². The van der Waals surface area contributed by atoms with Gasteiger partial charge in [-0.1, -0.05) is 0 Å². The molecule has 0 aromatic rings. The Morgan fingerprint density at radius 3 is 2.93 bits per heavy atom. The van der Waals surface area contributed by atoms with Crippen LogP contribution in [-0.2, 0) is 0 Å². The minimum atomic E-state index is -2.21. The molecule has 14 heavy (non-hydrogen) atoms. The molecule has 0 aromatic heterocycles. The Balaban J connectivity index is 1.80. The van der Waals surface area contributed by atoms with E-state index in [1.54, 1.807) is 0 Å². The fourth-order valence-electron chi connectivity index (χ4n) is 2.69. The summed E-state index contributed by atoms with van der Waals surface area (Å²) in [6.45, 7) is 3.26. The van der Waals surface area contributed by atoms with Crippen LogP contribution in [-0.4, -0.2) is 43.5 Å². The van der Waals surface area contributed by atoms with Gasteiger partial charge < -0.3 is 10.2 Å². The van der Waals surface area contributed by atoms with Crippen molar-refractivity contribution in [1.82, 2.24) is 10.2 Å². The van der Waals surface area contributed by atoms with E-state index >= 15 is 0 Å². The van der Waals surface area contributed by atoms with Crippen molar-refractivity contribution in [2.24, 2.45) is 5.92 Å². The Bertz CT molecular complexity index is 187. The van der Waals surface area contributed by atoms with E-state index in [-0.39, 0.29) is 6.54 Å². The van der Waals surface area contributed by atoms with Gasteiger partial charge in [0.05, 0.1) is 6.54 Å². The molecule has 1 N–H and O–H groups in total. The Morgan fingerprint density at radius 2 is 2.14 bits per heavy atom. The number of fused-ring (bicyclic) bond motifs is 2. The number of nitrogens with one attached hydrogen (secondary N) is 1. The summed E-state index contributed by atoms with van der Waals surface area (Å²) in [5, 5.41) is 3.00. The van der Waals surface area contributed by atoms with Gasteiger partial charge in [-0.3, -0.25) is 0 Å². The average Bonchev–Trinajstić information content (AvgIpc) is 2.17. The minimum absolute atomic E-state index is 0.138. The Hall–Kier alpha value is -0.220. The molecule has 82 valence electrons. The third kappa shape index (κ3) is 2.42. The monoisotopic (exact) mass is 204 g/mol. The lowest BCUT2D eigenvalue weighted by atomic mass is 9.85. The third-order valence-corrected chi connectivity index (χ3v) is 3.40. The van der Waals surface area contributed by atoms with E-state index in [0.717, 1.165) is 19.5 Å². The van der Waals surface area contributed by atoms with Gasteiger partial charge in [0.2, 0.25) is 0 Å². The zero-order valence-corrected chi connectivity index (χ0v) is 8.38. The normalized spacial score (nSPS) is 37.5. The fourth-order valence-corrected chi connectivity index (χ4v) is 2.69. The van der Waals surface area contributed by atoms with Crippen LogP contribution in [0.1, 0.15) is 19.3 Å². The molecule has 0 aliphatic carbocycles. The minimum Gasteiger partial charge on any atom is -0.308 e. The maximum Gasteiger partial charge on any atom is 0.250 e. The number of nitrogens with zero attached hydrogens (tertiary/aromatic N) is 1. The summed E-state index contributed by atoms with van der Waals surface area (Å²) in [4.78, 5) is 2.45. The van der Waals surface area contributed by atoms with Gasteiger partial charge in [-0.15, -0.1) is 0 Å². The molecule has 0 radical (unpaired) electrons. The van der Waals surface area contributed by atoms with Crippen LogP contribution < -0.4 is 5.32 Å². The maximum absolute atomic E-state index is 12.0. The SMILES string of the molecule is FC(F)CNC1CCN2CCCC1C2. The van der Waals surface area contributed by atoms with Gasteiger partial charge in [0.1, 0.15) is 0 Å². The quantitative estimate of drug-likeness (QED) is 0.746. The highest BCUT2D eigenvalue weighted by Gasteiger charge is 2.31. The number of hydrogen-bond acceptors (Lipinski definition) is 2. The van der Waals surface area contributed by atoms with Crippen molar-refractivity contribution in [1.29, 1.82) is 0 Å². The fraction of sp³-hybridized carbons (Fsp3) is 1.00. The molecular formula is C10H18F2N2. The Labute approximate surface area is 83.7 Å². The summed E-state index contributed by atoms with van der Waals surface area (Å²) in [7, 11) is 0. The number of halogens is 2. The number of rotatable bonds is 3. The van der Waals surface area contributed by atoms with E-state index in [0.29, 0.717) is 12.0 Å². The predicted octanol–water partition coefficient (Wildman–Crippen LogP) is 1.33. The molecule has 0 saturated carbocycles. The highest BCUT2D eigenvalue weighted by molar-refractivity contribution is 4.88. The molecule has 0 aromatic carbocycles. The first-order valence-electron chi connectivity index (χ1n) is 5.49. The molecule has 2 bridgehead atoms. The zero-order valence-electron chi connectivity index (χ0n) is 8.38. The lowest BCUT2D eigenvalue weighted by molar-refractivity contribution is 0.0766. The second-order valence-corrected chi connectivity index (χ2v) is 4.40. The van der Waals surface area contributed by atoms with Gasteiger partial charge in [-0.25, -0.2) is 8.78 Å². The molecular weight excluding hydrogens is 186 g/mol. The summed E-state index contributed by atoms with van der Waals surface area (Å²) in [6.07, 6.45) is 1.27. The Kier molecular flexibility index (Phi) is 3.34. The Morgan fingerprint density at radius 1 is 1.29 bits per heavy atom. The highest BCUT2D eigenvalue weighted by Crippen LogP contribution is 2.26. The largest absolute Gasteiger partial charge is 0.308 e. The molecule has 0 amide bonds. The van der Waals surface area contributed by atoms with Crippen molar-refractivity contribution in [2.45, 2.75) is 31.7 Å². The molecule has 3 atom stereocenters. The molecule has 2 saturated heterocycles. The van der Waals surface area contributed by atoms with E-state index in [2.05, 4.69) is 10.2 Å². The maximum atomic E-state index is 12.0. The summed E-state index contributed by atoms with van der Waals surface area (Å²) in [5.74, 6) is 0.608. The molecule has 2 aliphatic heterocycles. The van der Waals surface area contributed by atoms with Crippen LogP contribution in [0.25, 0.3) is 0 Å². The smallest absolute Gasteiger partial charge is 0.250 e. The van der Waals surface area contributed by atoms with Crippen molar-refractivity contribution in [3.63, 3.8) is 0 Å². The van der Waals surface area contributed by atoms with E-state index in [1.165, 1.54) is 19.4 Å². The molecule has 4 heteroatoms. The summed E-state index contributed by atoms with van der Waals surface area (Å²) < 4.78 is 24.1. The highest BCUT2D eigenvalue weighted by atomic mass is 19.3. The van der Waals surface area contributed by atoms with Crippen LogP contribution in [0.15, 0.2) is 0 Å². The molecule has 0 spiro atoms. The molecule has 2 heterocycles. The van der Waals surface area contributed by atoms with Crippen molar-refractivity contribution >= 4 is 0 Å². The second kappa shape index (κ2) is 4.53. The predicted molar refractivity (Wildman–Crippen MR) is 51.6 cm³/mol. The van der Waals surface area contributed by atoms with Crippen molar-refractivity contribution in [3.05, 3.63) is 0 Å². The van der Waals surface area contributed by atoms with Gasteiger partial charge in [0, 0.05) is 12.6 Å².